The highest BCUT2D eigenvalue weighted by molar-refractivity contribution is 9.30. The Labute approximate surface area is 148 Å². The van der Waals surface area contributed by atoms with E-state index in [4.69, 9.17) is 0 Å². The molecular weight excluding hydrogens is 574 g/mol. The highest BCUT2D eigenvalue weighted by Gasteiger charge is 2.82. The van der Waals surface area contributed by atoms with Crippen molar-refractivity contribution in [2.75, 3.05) is 0 Å². The first-order valence-electron chi connectivity index (χ1n) is 4.96. The van der Waals surface area contributed by atoms with Crippen molar-refractivity contribution < 1.29 is 36.6 Å². The second-order valence-corrected chi connectivity index (χ2v) is 10.9. The van der Waals surface area contributed by atoms with Crippen molar-refractivity contribution in [3.8, 4) is 0 Å². The maximum absolute atomic E-state index is 14.6. The van der Waals surface area contributed by atoms with Gasteiger partial charge in [0.15, 0.2) is 9.41 Å². The van der Waals surface area contributed by atoms with Crippen molar-refractivity contribution in [2.45, 2.75) is 36.4 Å². The second-order valence-electron chi connectivity index (χ2n) is 4.27. The molecule has 21 heavy (non-hydrogen) atoms. The molecule has 2 N–H and O–H groups in total. The SMILES string of the molecule is OC(O)(C(Br)(Br)C(Br)Br)C1(F)C=CC(F)C(F)(F)C1(F)F. The maximum atomic E-state index is 14.6. The summed E-state index contributed by atoms with van der Waals surface area (Å²) in [4.78, 5) is 0. The molecular formula is C9H6Br4F6O2. The number of hydrogen-bond donors (Lipinski definition) is 2. The molecule has 0 bridgehead atoms. The zero-order valence-corrected chi connectivity index (χ0v) is 15.8. The lowest BCUT2D eigenvalue weighted by Crippen LogP contribution is -2.75. The van der Waals surface area contributed by atoms with Gasteiger partial charge < -0.3 is 10.2 Å². The molecule has 1 aliphatic carbocycles. The molecule has 0 aromatic heterocycles. The molecule has 1 rings (SSSR count). The van der Waals surface area contributed by atoms with Gasteiger partial charge in [0.05, 0.1) is 0 Å². The van der Waals surface area contributed by atoms with Gasteiger partial charge in [0, 0.05) is 0 Å². The van der Waals surface area contributed by atoms with E-state index in [2.05, 4.69) is 63.7 Å². The molecule has 0 radical (unpaired) electrons. The Balaban J connectivity index is 3.56. The number of aliphatic hydroxyl groups is 2. The summed E-state index contributed by atoms with van der Waals surface area (Å²) < 4.78 is 77.9. The van der Waals surface area contributed by atoms with Crippen LogP contribution in [0, 0.1) is 0 Å². The Morgan fingerprint density at radius 3 is 1.86 bits per heavy atom. The third kappa shape index (κ3) is 2.55. The monoisotopic (exact) mass is 576 g/mol. The Bertz CT molecular complexity index is 456. The van der Waals surface area contributed by atoms with Crippen LogP contribution >= 0.6 is 63.7 Å². The lowest BCUT2D eigenvalue weighted by atomic mass is 9.77. The molecule has 2 unspecified atom stereocenters. The first-order chi connectivity index (χ1) is 9.07. The lowest BCUT2D eigenvalue weighted by Gasteiger charge is -2.50. The second kappa shape index (κ2) is 5.61. The fourth-order valence-corrected chi connectivity index (χ4v) is 2.80. The van der Waals surface area contributed by atoms with Crippen molar-refractivity contribution in [1.29, 1.82) is 0 Å². The van der Waals surface area contributed by atoms with Crippen LogP contribution in [0.5, 0.6) is 0 Å². The molecule has 0 fully saturated rings. The van der Waals surface area contributed by atoms with Gasteiger partial charge in [0.2, 0.25) is 5.79 Å². The first-order valence-corrected chi connectivity index (χ1v) is 8.37. The summed E-state index contributed by atoms with van der Waals surface area (Å²) in [7, 11) is 0. The Hall–Kier alpha value is 1.16. The molecule has 0 heterocycles. The number of alkyl halides is 10. The highest BCUT2D eigenvalue weighted by atomic mass is 79.9. The van der Waals surface area contributed by atoms with E-state index in [9.17, 15) is 36.6 Å². The van der Waals surface area contributed by atoms with Crippen molar-refractivity contribution in [2.24, 2.45) is 0 Å². The molecule has 2 atom stereocenters. The number of allylic oxidation sites excluding steroid dienone is 1. The van der Waals surface area contributed by atoms with Gasteiger partial charge in [-0.15, -0.1) is 0 Å². The van der Waals surface area contributed by atoms with Gasteiger partial charge in [0.1, 0.15) is 3.74 Å². The van der Waals surface area contributed by atoms with Crippen LogP contribution in [0.4, 0.5) is 26.3 Å². The molecule has 12 heteroatoms. The molecule has 1 aliphatic rings. The summed E-state index contributed by atoms with van der Waals surface area (Å²) in [5.74, 6) is -15.3. The van der Waals surface area contributed by atoms with E-state index in [1.165, 1.54) is 0 Å². The van der Waals surface area contributed by atoms with Crippen molar-refractivity contribution in [1.82, 2.24) is 0 Å². The van der Waals surface area contributed by atoms with E-state index in [1.54, 1.807) is 0 Å². The Morgan fingerprint density at radius 2 is 1.48 bits per heavy atom. The minimum absolute atomic E-state index is 0.188. The van der Waals surface area contributed by atoms with Crippen LogP contribution in [0.15, 0.2) is 12.2 Å². The van der Waals surface area contributed by atoms with Gasteiger partial charge in [-0.3, -0.25) is 0 Å². The topological polar surface area (TPSA) is 40.5 Å². The molecule has 0 aromatic rings. The van der Waals surface area contributed by atoms with E-state index >= 15 is 0 Å². The third-order valence-electron chi connectivity index (χ3n) is 2.96. The third-order valence-corrected chi connectivity index (χ3v) is 8.82. The summed E-state index contributed by atoms with van der Waals surface area (Å²) >= 11 is 10.5. The Kier molecular flexibility index (Phi) is 5.40. The highest BCUT2D eigenvalue weighted by Crippen LogP contribution is 2.60. The summed E-state index contributed by atoms with van der Waals surface area (Å²) in [6.07, 6.45) is -3.99. The average molecular weight is 580 g/mol. The maximum Gasteiger partial charge on any atom is 0.355 e. The predicted octanol–water partition coefficient (Wildman–Crippen LogP) is 4.16. The summed E-state index contributed by atoms with van der Waals surface area (Å²) in [6, 6.07) is 0. The lowest BCUT2D eigenvalue weighted by molar-refractivity contribution is -0.354. The molecule has 2 nitrogen and oxygen atoms in total. The largest absolute Gasteiger partial charge is 0.361 e. The molecule has 0 amide bonds. The normalized spacial score (nSPS) is 32.5. The van der Waals surface area contributed by atoms with E-state index in [-0.39, 0.29) is 12.2 Å². The van der Waals surface area contributed by atoms with Gasteiger partial charge in [-0.05, 0) is 12.2 Å². The van der Waals surface area contributed by atoms with Crippen molar-refractivity contribution >= 4 is 63.7 Å². The van der Waals surface area contributed by atoms with E-state index < -0.39 is 36.4 Å². The van der Waals surface area contributed by atoms with Crippen LogP contribution in [0.25, 0.3) is 0 Å². The molecule has 0 aliphatic heterocycles. The quantitative estimate of drug-likeness (QED) is 0.228. The summed E-state index contributed by atoms with van der Waals surface area (Å²) in [6.45, 7) is 0. The molecule has 0 saturated heterocycles. The molecule has 0 aromatic carbocycles. The van der Waals surface area contributed by atoms with Crippen molar-refractivity contribution in [3.63, 3.8) is 0 Å². The fraction of sp³-hybridized carbons (Fsp3) is 0.778. The molecule has 0 spiro atoms. The molecule has 0 saturated carbocycles. The first kappa shape index (κ1) is 20.2. The number of hydrogen-bond acceptors (Lipinski definition) is 2. The average Bonchev–Trinajstić information content (AvgIpc) is 2.32. The standard InChI is InChI=1S/C9H6Br4F6O2/c10-4(11)6(12,13)9(20,21)5(15)2-1-3(14)7(16,17)8(5,18)19/h1-4,20-21H. The van der Waals surface area contributed by atoms with Gasteiger partial charge in [-0.1, -0.05) is 63.7 Å². The summed E-state index contributed by atoms with van der Waals surface area (Å²) in [5, 5.41) is 19.6. The van der Waals surface area contributed by atoms with E-state index in [0.29, 0.717) is 0 Å². The van der Waals surface area contributed by atoms with Crippen LogP contribution in [0.1, 0.15) is 0 Å². The van der Waals surface area contributed by atoms with E-state index in [1.807, 2.05) is 0 Å². The van der Waals surface area contributed by atoms with Crippen molar-refractivity contribution in [3.05, 3.63) is 12.2 Å². The van der Waals surface area contributed by atoms with Gasteiger partial charge in [-0.25, -0.2) is 8.78 Å². The predicted molar refractivity (Wildman–Crippen MR) is 77.2 cm³/mol. The van der Waals surface area contributed by atoms with Crippen LogP contribution in [-0.2, 0) is 0 Å². The van der Waals surface area contributed by atoms with Crippen LogP contribution < -0.4 is 0 Å². The molecule has 124 valence electrons. The smallest absolute Gasteiger partial charge is 0.355 e. The number of halogens is 10. The minimum Gasteiger partial charge on any atom is -0.361 e. The van der Waals surface area contributed by atoms with Crippen LogP contribution in [0.2, 0.25) is 0 Å². The summed E-state index contributed by atoms with van der Waals surface area (Å²) in [5.41, 5.74) is -4.70. The van der Waals surface area contributed by atoms with Gasteiger partial charge in [0.25, 0.3) is 5.67 Å². The zero-order valence-electron chi connectivity index (χ0n) is 9.48. The Morgan fingerprint density at radius 1 is 1.05 bits per heavy atom. The minimum atomic E-state index is -5.74. The van der Waals surface area contributed by atoms with Gasteiger partial charge >= 0.3 is 11.8 Å². The van der Waals surface area contributed by atoms with E-state index in [0.717, 1.165) is 0 Å². The van der Waals surface area contributed by atoms with Crippen LogP contribution in [-0.4, -0.2) is 46.7 Å². The zero-order chi connectivity index (χ0) is 17.1. The van der Waals surface area contributed by atoms with Crippen LogP contribution in [0.3, 0.4) is 0 Å². The fourth-order valence-electron chi connectivity index (χ4n) is 1.59. The number of rotatable bonds is 3. The van der Waals surface area contributed by atoms with Gasteiger partial charge in [-0.2, -0.15) is 17.6 Å².